The van der Waals surface area contributed by atoms with Crippen LogP contribution in [0.3, 0.4) is 0 Å². The zero-order chi connectivity index (χ0) is 23.9. The fraction of sp³-hybridized carbons (Fsp3) is 0.174. The molecule has 0 fully saturated rings. The number of aryl methyl sites for hydroxylation is 1. The minimum absolute atomic E-state index is 0.210. The lowest BCUT2D eigenvalue weighted by Gasteiger charge is -2.15. The highest BCUT2D eigenvalue weighted by Crippen LogP contribution is 2.42. The predicted molar refractivity (Wildman–Crippen MR) is 129 cm³/mol. The molecule has 4 aromatic rings. The third kappa shape index (κ3) is 4.62. The number of aromatic nitrogens is 3. The molecule has 0 spiro atoms. The van der Waals surface area contributed by atoms with Crippen LogP contribution in [0.25, 0.3) is 16.7 Å². The van der Waals surface area contributed by atoms with Gasteiger partial charge in [-0.1, -0.05) is 34.8 Å². The van der Waals surface area contributed by atoms with Crippen molar-refractivity contribution in [2.24, 2.45) is 0 Å². The molecule has 4 rings (SSSR count). The lowest BCUT2D eigenvalue weighted by Crippen LogP contribution is -2.21. The quantitative estimate of drug-likeness (QED) is 0.336. The number of carbonyl (C=O) groups is 1. The number of amides is 1. The molecule has 1 N–H and O–H groups in total. The Labute approximate surface area is 204 Å². The Morgan fingerprint density at radius 3 is 2.15 bits per heavy atom. The summed E-state index contributed by atoms with van der Waals surface area (Å²) in [5.74, 6) is -0.534. The van der Waals surface area contributed by atoms with E-state index < -0.39 is 5.91 Å². The van der Waals surface area contributed by atoms with Crippen LogP contribution in [0.5, 0.6) is 5.75 Å². The summed E-state index contributed by atoms with van der Waals surface area (Å²) in [6.45, 7) is 5.03. The van der Waals surface area contributed by atoms with Crippen molar-refractivity contribution in [3.05, 3.63) is 74.0 Å². The molecule has 1 heterocycles. The van der Waals surface area contributed by atoms with Crippen molar-refractivity contribution in [1.82, 2.24) is 15.0 Å². The molecule has 0 aliphatic carbocycles. The van der Waals surface area contributed by atoms with Crippen molar-refractivity contribution in [3.63, 3.8) is 0 Å². The smallest absolute Gasteiger partial charge is 0.262 e. The maximum absolute atomic E-state index is 13.2. The summed E-state index contributed by atoms with van der Waals surface area (Å²) in [7, 11) is 0. The first kappa shape index (κ1) is 23.3. The minimum Gasteiger partial charge on any atom is -0.481 e. The largest absolute Gasteiger partial charge is 0.481 e. The zero-order valence-electron chi connectivity index (χ0n) is 17.8. The molecule has 0 saturated carbocycles. The molecule has 1 aromatic heterocycles. The fourth-order valence-electron chi connectivity index (χ4n) is 3.25. The predicted octanol–water partition coefficient (Wildman–Crippen LogP) is 6.46. The number of ether oxygens (including phenoxy) is 1. The van der Waals surface area contributed by atoms with Crippen molar-refractivity contribution in [1.29, 1.82) is 0 Å². The second-order valence-electron chi connectivity index (χ2n) is 7.48. The Hall–Kier alpha value is -2.87. The molecule has 6 nitrogen and oxygen atoms in total. The van der Waals surface area contributed by atoms with Crippen LogP contribution in [0.2, 0.25) is 15.1 Å². The maximum atomic E-state index is 13.2. The first-order valence-electron chi connectivity index (χ1n) is 9.85. The molecule has 0 atom stereocenters. The van der Waals surface area contributed by atoms with Crippen molar-refractivity contribution in [2.45, 2.75) is 20.8 Å². The molecule has 0 aliphatic rings. The second kappa shape index (κ2) is 9.17. The van der Waals surface area contributed by atoms with Crippen LogP contribution in [-0.2, 0) is 4.79 Å². The van der Waals surface area contributed by atoms with Gasteiger partial charge in [-0.15, -0.1) is 10.2 Å². The van der Waals surface area contributed by atoms with Gasteiger partial charge in [0, 0.05) is 10.7 Å². The van der Waals surface area contributed by atoms with Crippen LogP contribution in [0, 0.1) is 26.6 Å². The highest BCUT2D eigenvalue weighted by molar-refractivity contribution is 6.42. The first-order valence-corrected chi connectivity index (χ1v) is 11.0. The van der Waals surface area contributed by atoms with E-state index in [4.69, 9.17) is 39.5 Å². The van der Waals surface area contributed by atoms with E-state index in [1.165, 1.54) is 16.9 Å². The molecule has 3 aromatic carbocycles. The van der Waals surface area contributed by atoms with Gasteiger partial charge >= 0.3 is 0 Å². The Bertz CT molecular complexity index is 1360. The van der Waals surface area contributed by atoms with Gasteiger partial charge in [0.1, 0.15) is 16.9 Å². The molecule has 1 amide bonds. The lowest BCUT2D eigenvalue weighted by atomic mass is 10.1. The molecular formula is C23H18Cl3FN4O2. The summed E-state index contributed by atoms with van der Waals surface area (Å²) < 4.78 is 18.8. The van der Waals surface area contributed by atoms with Crippen LogP contribution in [0.1, 0.15) is 16.7 Å². The highest BCUT2D eigenvalue weighted by atomic mass is 35.5. The molecule has 0 aliphatic heterocycles. The van der Waals surface area contributed by atoms with E-state index in [0.29, 0.717) is 38.6 Å². The third-order valence-electron chi connectivity index (χ3n) is 5.12. The Morgan fingerprint density at radius 2 is 1.55 bits per heavy atom. The number of nitrogens with one attached hydrogen (secondary N) is 1. The van der Waals surface area contributed by atoms with Gasteiger partial charge in [0.05, 0.1) is 15.7 Å². The van der Waals surface area contributed by atoms with E-state index in [-0.39, 0.29) is 28.2 Å². The van der Waals surface area contributed by atoms with Gasteiger partial charge in [0.2, 0.25) is 0 Å². The maximum Gasteiger partial charge on any atom is 0.262 e. The minimum atomic E-state index is -0.402. The average Bonchev–Trinajstić information content (AvgIpc) is 3.19. The molecular weight excluding hydrogens is 490 g/mol. The number of hydrogen-bond donors (Lipinski definition) is 1. The zero-order valence-corrected chi connectivity index (χ0v) is 20.1. The van der Waals surface area contributed by atoms with Crippen LogP contribution in [0.15, 0.2) is 36.4 Å². The third-order valence-corrected chi connectivity index (χ3v) is 6.60. The summed E-state index contributed by atoms with van der Waals surface area (Å²) in [4.78, 5) is 14.0. The molecule has 0 unspecified atom stereocenters. The van der Waals surface area contributed by atoms with Gasteiger partial charge in [0.25, 0.3) is 5.91 Å². The number of halogens is 4. The van der Waals surface area contributed by atoms with Crippen molar-refractivity contribution in [3.8, 4) is 11.4 Å². The van der Waals surface area contributed by atoms with Crippen molar-refractivity contribution in [2.75, 3.05) is 11.9 Å². The summed E-state index contributed by atoms with van der Waals surface area (Å²) in [5, 5.41) is 12.6. The summed E-state index contributed by atoms with van der Waals surface area (Å²) in [6.07, 6.45) is 0. The number of rotatable bonds is 5. The van der Waals surface area contributed by atoms with Crippen molar-refractivity contribution < 1.29 is 13.9 Å². The van der Waals surface area contributed by atoms with Gasteiger partial charge in [-0.2, -0.15) is 4.80 Å². The number of carbonyl (C=O) groups excluding carboxylic acids is 1. The van der Waals surface area contributed by atoms with E-state index in [1.54, 1.807) is 38.1 Å². The molecule has 33 heavy (non-hydrogen) atoms. The number of benzene rings is 3. The second-order valence-corrected chi connectivity index (χ2v) is 8.61. The Kier molecular flexibility index (Phi) is 6.47. The Morgan fingerprint density at radius 1 is 0.970 bits per heavy atom. The van der Waals surface area contributed by atoms with Crippen molar-refractivity contribution >= 4 is 57.4 Å². The number of anilines is 1. The molecule has 170 valence electrons. The highest BCUT2D eigenvalue weighted by Gasteiger charge is 2.19. The van der Waals surface area contributed by atoms with E-state index in [2.05, 4.69) is 15.5 Å². The van der Waals surface area contributed by atoms with Gasteiger partial charge < -0.3 is 10.1 Å². The van der Waals surface area contributed by atoms with Gasteiger partial charge in [0.15, 0.2) is 12.4 Å². The van der Waals surface area contributed by atoms with E-state index in [1.807, 2.05) is 6.92 Å². The summed E-state index contributed by atoms with van der Waals surface area (Å²) in [5.41, 5.74) is 4.42. The number of fused-ring (bicyclic) bond motifs is 1. The average molecular weight is 508 g/mol. The lowest BCUT2D eigenvalue weighted by molar-refractivity contribution is -0.118. The summed E-state index contributed by atoms with van der Waals surface area (Å²) >= 11 is 18.8. The van der Waals surface area contributed by atoms with Gasteiger partial charge in [-0.05, 0) is 73.9 Å². The number of hydrogen-bond acceptors (Lipinski definition) is 4. The normalized spacial score (nSPS) is 11.1. The van der Waals surface area contributed by atoms with Crippen LogP contribution in [-0.4, -0.2) is 27.5 Å². The van der Waals surface area contributed by atoms with Gasteiger partial charge in [-0.3, -0.25) is 4.79 Å². The fourth-order valence-corrected chi connectivity index (χ4v) is 4.08. The SMILES string of the molecule is Cc1cc2nn(-c3ccc(F)cc3)nc2cc1NC(=O)COc1c(Cl)c(C)c(Cl)c(C)c1Cl. The molecule has 0 radical (unpaired) electrons. The van der Waals surface area contributed by atoms with E-state index in [9.17, 15) is 9.18 Å². The molecule has 0 bridgehead atoms. The topological polar surface area (TPSA) is 69.0 Å². The van der Waals surface area contributed by atoms with E-state index in [0.717, 1.165) is 5.56 Å². The van der Waals surface area contributed by atoms with Crippen LogP contribution >= 0.6 is 34.8 Å². The molecule has 0 saturated heterocycles. The monoisotopic (exact) mass is 506 g/mol. The van der Waals surface area contributed by atoms with Gasteiger partial charge in [-0.25, -0.2) is 4.39 Å². The molecule has 10 heteroatoms. The standard InChI is InChI=1S/C23H18Cl3FN4O2/c1-11-8-17-18(30-31(29-17)15-6-4-14(27)5-7-15)9-16(11)28-19(32)10-33-23-21(25)12(2)20(24)13(3)22(23)26/h4-9H,10H2,1-3H3,(H,28,32). The first-order chi connectivity index (χ1) is 15.7. The van der Waals surface area contributed by atoms with Crippen LogP contribution < -0.4 is 10.1 Å². The van der Waals surface area contributed by atoms with Crippen LogP contribution in [0.4, 0.5) is 10.1 Å². The summed E-state index contributed by atoms with van der Waals surface area (Å²) in [6, 6.07) is 9.35. The Balaban J connectivity index is 1.52. The van der Waals surface area contributed by atoms with E-state index >= 15 is 0 Å². The number of nitrogens with zero attached hydrogens (tertiary/aromatic N) is 3.